The van der Waals surface area contributed by atoms with E-state index in [1.54, 1.807) is 12.0 Å². The van der Waals surface area contributed by atoms with Crippen LogP contribution in [0.3, 0.4) is 0 Å². The Bertz CT molecular complexity index is 448. The van der Waals surface area contributed by atoms with Crippen LogP contribution in [-0.2, 0) is 0 Å². The molecule has 1 heterocycles. The molecule has 5 heteroatoms. The van der Waals surface area contributed by atoms with Crippen molar-refractivity contribution in [1.29, 1.82) is 0 Å². The van der Waals surface area contributed by atoms with Crippen LogP contribution in [0.1, 0.15) is 24.3 Å². The number of piperidine rings is 1. The highest BCUT2D eigenvalue weighted by Gasteiger charge is 2.26. The summed E-state index contributed by atoms with van der Waals surface area (Å²) in [6.07, 6.45) is 1.99. The molecular formula is C14H20N2O3. The molecule has 1 aliphatic heterocycles. The van der Waals surface area contributed by atoms with Crippen LogP contribution in [0.15, 0.2) is 24.3 Å². The van der Waals surface area contributed by atoms with Gasteiger partial charge in [0.1, 0.15) is 5.75 Å². The van der Waals surface area contributed by atoms with E-state index in [-0.39, 0.29) is 6.03 Å². The normalized spacial score (nSPS) is 19.1. The van der Waals surface area contributed by atoms with Gasteiger partial charge in [0.15, 0.2) is 0 Å². The van der Waals surface area contributed by atoms with E-state index in [2.05, 4.69) is 6.07 Å². The number of ether oxygens (including phenoxy) is 1. The molecule has 0 spiro atoms. The van der Waals surface area contributed by atoms with E-state index in [4.69, 9.17) is 4.74 Å². The van der Waals surface area contributed by atoms with Crippen molar-refractivity contribution in [3.63, 3.8) is 0 Å². The standard InChI is InChI=1S/C14H20N2O3/c1-15(18)14(17)16-8-4-6-12(10-16)11-5-3-7-13(9-11)19-2/h3,5,7,9,12,18H,4,6,8,10H2,1-2H3. The second-order valence-corrected chi connectivity index (χ2v) is 4.87. The third-order valence-corrected chi connectivity index (χ3v) is 3.53. The SMILES string of the molecule is COc1cccc(C2CCCN(C(=O)N(C)O)C2)c1. The monoisotopic (exact) mass is 264 g/mol. The molecule has 0 saturated carbocycles. The first-order chi connectivity index (χ1) is 9.11. The van der Waals surface area contributed by atoms with Gasteiger partial charge in [0, 0.05) is 26.1 Å². The van der Waals surface area contributed by atoms with Crippen LogP contribution in [0.4, 0.5) is 4.79 Å². The quantitative estimate of drug-likeness (QED) is 0.659. The summed E-state index contributed by atoms with van der Waals surface area (Å²) in [5, 5.41) is 9.88. The molecule has 2 rings (SSSR count). The van der Waals surface area contributed by atoms with Crippen LogP contribution >= 0.6 is 0 Å². The Hall–Kier alpha value is -1.75. The van der Waals surface area contributed by atoms with Crippen LogP contribution in [0.25, 0.3) is 0 Å². The number of rotatable bonds is 2. The minimum atomic E-state index is -0.340. The maximum Gasteiger partial charge on any atom is 0.343 e. The summed E-state index contributed by atoms with van der Waals surface area (Å²) in [6.45, 7) is 1.33. The molecule has 1 aromatic rings. The molecule has 0 radical (unpaired) electrons. The number of urea groups is 1. The average molecular weight is 264 g/mol. The van der Waals surface area contributed by atoms with Crippen LogP contribution < -0.4 is 4.74 Å². The van der Waals surface area contributed by atoms with Gasteiger partial charge >= 0.3 is 6.03 Å². The fraction of sp³-hybridized carbons (Fsp3) is 0.500. The van der Waals surface area contributed by atoms with E-state index in [9.17, 15) is 10.0 Å². The lowest BCUT2D eigenvalue weighted by Crippen LogP contribution is -2.44. The highest BCUT2D eigenvalue weighted by atomic mass is 16.5. The number of hydrogen-bond acceptors (Lipinski definition) is 3. The van der Waals surface area contributed by atoms with Crippen LogP contribution in [0.2, 0.25) is 0 Å². The molecular weight excluding hydrogens is 244 g/mol. The number of carbonyl (C=O) groups is 1. The number of carbonyl (C=O) groups excluding carboxylic acids is 1. The van der Waals surface area contributed by atoms with Gasteiger partial charge in [-0.15, -0.1) is 0 Å². The van der Waals surface area contributed by atoms with E-state index < -0.39 is 0 Å². The molecule has 1 fully saturated rings. The highest BCUT2D eigenvalue weighted by molar-refractivity contribution is 5.73. The molecule has 1 atom stereocenters. The molecule has 104 valence electrons. The van der Waals surface area contributed by atoms with Crippen molar-refractivity contribution in [2.45, 2.75) is 18.8 Å². The number of methoxy groups -OCH3 is 1. The van der Waals surface area contributed by atoms with Crippen molar-refractivity contribution in [3.8, 4) is 5.75 Å². The molecule has 2 amide bonds. The molecule has 1 aliphatic rings. The van der Waals surface area contributed by atoms with E-state index in [1.165, 1.54) is 12.6 Å². The van der Waals surface area contributed by atoms with Gasteiger partial charge in [-0.05, 0) is 30.5 Å². The van der Waals surface area contributed by atoms with Crippen LogP contribution in [-0.4, -0.2) is 48.4 Å². The third kappa shape index (κ3) is 3.17. The number of benzene rings is 1. The second-order valence-electron chi connectivity index (χ2n) is 4.87. The van der Waals surface area contributed by atoms with Crippen molar-refractivity contribution in [3.05, 3.63) is 29.8 Å². The maximum atomic E-state index is 11.8. The van der Waals surface area contributed by atoms with E-state index in [0.717, 1.165) is 18.6 Å². The van der Waals surface area contributed by atoms with Crippen LogP contribution in [0, 0.1) is 0 Å². The van der Waals surface area contributed by atoms with Gasteiger partial charge < -0.3 is 9.64 Å². The van der Waals surface area contributed by atoms with Gasteiger partial charge in [-0.2, -0.15) is 0 Å². The lowest BCUT2D eigenvalue weighted by Gasteiger charge is -2.34. The largest absolute Gasteiger partial charge is 0.497 e. The van der Waals surface area contributed by atoms with Crippen molar-refractivity contribution in [2.24, 2.45) is 0 Å². The van der Waals surface area contributed by atoms with Gasteiger partial charge in [-0.1, -0.05) is 12.1 Å². The lowest BCUT2D eigenvalue weighted by molar-refractivity contribution is -0.0359. The van der Waals surface area contributed by atoms with Crippen molar-refractivity contribution in [2.75, 3.05) is 27.2 Å². The van der Waals surface area contributed by atoms with Gasteiger partial charge in [-0.25, -0.2) is 9.86 Å². The Kier molecular flexibility index (Phi) is 4.27. The Morgan fingerprint density at radius 1 is 1.53 bits per heavy atom. The number of hydroxylamine groups is 2. The molecule has 0 aromatic heterocycles. The molecule has 1 unspecified atom stereocenters. The van der Waals surface area contributed by atoms with Gasteiger partial charge in [0.05, 0.1) is 7.11 Å². The first kappa shape index (κ1) is 13.7. The predicted molar refractivity (Wildman–Crippen MR) is 71.5 cm³/mol. The smallest absolute Gasteiger partial charge is 0.343 e. The zero-order valence-electron chi connectivity index (χ0n) is 11.4. The molecule has 0 aliphatic carbocycles. The third-order valence-electron chi connectivity index (χ3n) is 3.53. The Labute approximate surface area is 113 Å². The number of hydrogen-bond donors (Lipinski definition) is 1. The van der Waals surface area contributed by atoms with Gasteiger partial charge in [-0.3, -0.25) is 5.21 Å². The summed E-state index contributed by atoms with van der Waals surface area (Å²) in [5.74, 6) is 1.13. The Morgan fingerprint density at radius 3 is 3.00 bits per heavy atom. The number of amides is 2. The molecule has 19 heavy (non-hydrogen) atoms. The van der Waals surface area contributed by atoms with E-state index >= 15 is 0 Å². The van der Waals surface area contributed by atoms with E-state index in [0.29, 0.717) is 24.1 Å². The fourth-order valence-electron chi connectivity index (χ4n) is 2.52. The summed E-state index contributed by atoms with van der Waals surface area (Å²) in [6, 6.07) is 7.61. The average Bonchev–Trinajstić information content (AvgIpc) is 2.46. The summed E-state index contributed by atoms with van der Waals surface area (Å²) >= 11 is 0. The first-order valence-electron chi connectivity index (χ1n) is 6.47. The Balaban J connectivity index is 2.10. The molecule has 0 bridgehead atoms. The predicted octanol–water partition coefficient (Wildman–Crippen LogP) is 2.32. The van der Waals surface area contributed by atoms with Crippen molar-refractivity contribution in [1.82, 2.24) is 9.96 Å². The summed E-state index contributed by atoms with van der Waals surface area (Å²) in [4.78, 5) is 13.5. The first-order valence-corrected chi connectivity index (χ1v) is 6.47. The lowest BCUT2D eigenvalue weighted by atomic mass is 9.90. The van der Waals surface area contributed by atoms with Crippen LogP contribution in [0.5, 0.6) is 5.75 Å². The minimum absolute atomic E-state index is 0.299. The van der Waals surface area contributed by atoms with Crippen molar-refractivity contribution >= 4 is 6.03 Å². The molecule has 1 N–H and O–H groups in total. The summed E-state index contributed by atoms with van der Waals surface area (Å²) < 4.78 is 5.23. The number of likely N-dealkylation sites (tertiary alicyclic amines) is 1. The fourth-order valence-corrected chi connectivity index (χ4v) is 2.52. The maximum absolute atomic E-state index is 11.8. The highest BCUT2D eigenvalue weighted by Crippen LogP contribution is 2.29. The van der Waals surface area contributed by atoms with Crippen molar-refractivity contribution < 1.29 is 14.7 Å². The summed E-state index contributed by atoms with van der Waals surface area (Å²) in [5.41, 5.74) is 1.18. The topological polar surface area (TPSA) is 53.0 Å². The molecule has 1 aromatic carbocycles. The van der Waals surface area contributed by atoms with Gasteiger partial charge in [0.2, 0.25) is 0 Å². The zero-order valence-corrected chi connectivity index (χ0v) is 11.4. The van der Waals surface area contributed by atoms with E-state index in [1.807, 2.05) is 18.2 Å². The summed E-state index contributed by atoms with van der Waals surface area (Å²) in [7, 11) is 3.01. The van der Waals surface area contributed by atoms with Gasteiger partial charge in [0.25, 0.3) is 0 Å². The molecule has 5 nitrogen and oxygen atoms in total. The zero-order chi connectivity index (χ0) is 13.8. The number of nitrogens with zero attached hydrogens (tertiary/aromatic N) is 2. The minimum Gasteiger partial charge on any atom is -0.497 e. The molecule has 1 saturated heterocycles. The second kappa shape index (κ2) is 5.93. The Morgan fingerprint density at radius 2 is 2.32 bits per heavy atom.